The van der Waals surface area contributed by atoms with Gasteiger partial charge < -0.3 is 9.58 Å². The minimum absolute atomic E-state index is 0.860. The van der Waals surface area contributed by atoms with Gasteiger partial charge in [0.05, 0.1) is 6.21 Å². The molecule has 0 saturated heterocycles. The molecule has 0 saturated carbocycles. The van der Waals surface area contributed by atoms with E-state index in [2.05, 4.69) is 10.1 Å². The zero-order valence-corrected chi connectivity index (χ0v) is 7.02. The van der Waals surface area contributed by atoms with E-state index in [1.165, 1.54) is 0 Å². The summed E-state index contributed by atoms with van der Waals surface area (Å²) in [6.07, 6.45) is 5.36. The molecule has 60 valence electrons. The van der Waals surface area contributed by atoms with Gasteiger partial charge in [-0.05, 0) is 0 Å². The lowest BCUT2D eigenvalue weighted by molar-refractivity contribution is 0.440. The fourth-order valence-corrected chi connectivity index (χ4v) is 0.669. The molecule has 4 heteroatoms. The molecule has 1 heterocycles. The Bertz CT molecular complexity index is 249. The van der Waals surface area contributed by atoms with Crippen molar-refractivity contribution in [2.75, 3.05) is 14.1 Å². The summed E-state index contributed by atoms with van der Waals surface area (Å²) in [6, 6.07) is 0. The average Bonchev–Trinajstić information content (AvgIpc) is 2.31. The van der Waals surface area contributed by atoms with Gasteiger partial charge in [-0.2, -0.15) is 5.10 Å². The third kappa shape index (κ3) is 2.07. The molecule has 1 rings (SSSR count). The minimum atomic E-state index is 0.860. The average molecular weight is 152 g/mol. The highest BCUT2D eigenvalue weighted by Crippen LogP contribution is 1.89. The van der Waals surface area contributed by atoms with E-state index in [-0.39, 0.29) is 0 Å². The van der Waals surface area contributed by atoms with Crippen LogP contribution >= 0.6 is 0 Å². The second kappa shape index (κ2) is 3.18. The molecule has 0 N–H and O–H groups in total. The maximum absolute atomic E-state index is 4.07. The first-order valence-electron chi connectivity index (χ1n) is 3.39. The summed E-state index contributed by atoms with van der Waals surface area (Å²) in [6.45, 7) is 0. The fraction of sp³-hybridized carbons (Fsp3) is 0.429. The molecular formula is C7H12N4. The fourth-order valence-electron chi connectivity index (χ4n) is 0.669. The van der Waals surface area contributed by atoms with Crippen LogP contribution in [0.1, 0.15) is 5.82 Å². The van der Waals surface area contributed by atoms with Gasteiger partial charge in [0.25, 0.3) is 0 Å². The highest BCUT2D eigenvalue weighted by atomic mass is 15.4. The molecule has 0 aliphatic carbocycles. The molecule has 0 amide bonds. The van der Waals surface area contributed by atoms with E-state index in [1.54, 1.807) is 17.4 Å². The van der Waals surface area contributed by atoms with Crippen LogP contribution in [0.5, 0.6) is 0 Å². The molecule has 1 aromatic rings. The van der Waals surface area contributed by atoms with Crippen LogP contribution < -0.4 is 0 Å². The Balaban J connectivity index is 2.71. The number of imidazole rings is 1. The van der Waals surface area contributed by atoms with Crippen molar-refractivity contribution in [3.8, 4) is 0 Å². The van der Waals surface area contributed by atoms with Gasteiger partial charge >= 0.3 is 0 Å². The van der Waals surface area contributed by atoms with E-state index in [9.17, 15) is 0 Å². The van der Waals surface area contributed by atoms with E-state index < -0.39 is 0 Å². The van der Waals surface area contributed by atoms with Crippen LogP contribution in [0.4, 0.5) is 0 Å². The Morgan fingerprint density at radius 3 is 2.82 bits per heavy atom. The van der Waals surface area contributed by atoms with Gasteiger partial charge in [0.1, 0.15) is 0 Å². The van der Waals surface area contributed by atoms with Gasteiger partial charge in [-0.3, -0.25) is 0 Å². The van der Waals surface area contributed by atoms with Crippen molar-refractivity contribution < 1.29 is 0 Å². The van der Waals surface area contributed by atoms with E-state index in [1.807, 2.05) is 31.9 Å². The minimum Gasteiger partial charge on any atom is -0.333 e. The molecule has 0 bridgehead atoms. The molecule has 11 heavy (non-hydrogen) atoms. The van der Waals surface area contributed by atoms with Crippen LogP contribution in [-0.4, -0.2) is 34.9 Å². The predicted molar refractivity (Wildman–Crippen MR) is 44.5 cm³/mol. The SMILES string of the molecule is CN(C)/N=C/c1nccn1C. The monoisotopic (exact) mass is 152 g/mol. The Hall–Kier alpha value is -1.32. The van der Waals surface area contributed by atoms with Gasteiger partial charge in [0, 0.05) is 33.5 Å². The standard InChI is InChI=1S/C7H12N4/c1-10(2)9-6-7-8-4-5-11(7)3/h4-6H,1-3H3/b9-6+. The predicted octanol–water partition coefficient (Wildman–Crippen LogP) is 0.316. The molecule has 0 unspecified atom stereocenters. The maximum Gasteiger partial charge on any atom is 0.152 e. The largest absolute Gasteiger partial charge is 0.333 e. The highest BCUT2D eigenvalue weighted by Gasteiger charge is 1.91. The number of hydrazone groups is 1. The molecule has 1 aromatic heterocycles. The smallest absolute Gasteiger partial charge is 0.152 e. The van der Waals surface area contributed by atoms with E-state index >= 15 is 0 Å². The van der Waals surface area contributed by atoms with Crippen LogP contribution in [0.25, 0.3) is 0 Å². The topological polar surface area (TPSA) is 33.4 Å². The van der Waals surface area contributed by atoms with Gasteiger partial charge in [0.15, 0.2) is 5.82 Å². The maximum atomic E-state index is 4.07. The van der Waals surface area contributed by atoms with Crippen molar-refractivity contribution in [3.05, 3.63) is 18.2 Å². The number of aromatic nitrogens is 2. The van der Waals surface area contributed by atoms with Crippen molar-refractivity contribution in [1.29, 1.82) is 0 Å². The number of rotatable bonds is 2. The number of nitrogens with zero attached hydrogens (tertiary/aromatic N) is 4. The van der Waals surface area contributed by atoms with Crippen LogP contribution in [-0.2, 0) is 7.05 Å². The van der Waals surface area contributed by atoms with Crippen LogP contribution in [0.3, 0.4) is 0 Å². The molecule has 0 radical (unpaired) electrons. The molecule has 0 aliphatic rings. The summed E-state index contributed by atoms with van der Waals surface area (Å²) in [5.41, 5.74) is 0. The summed E-state index contributed by atoms with van der Waals surface area (Å²) < 4.78 is 1.91. The third-order valence-corrected chi connectivity index (χ3v) is 1.26. The summed E-state index contributed by atoms with van der Waals surface area (Å²) in [7, 11) is 5.68. The lowest BCUT2D eigenvalue weighted by Gasteiger charge is -2.01. The first kappa shape index (κ1) is 7.78. The molecule has 0 aliphatic heterocycles. The number of hydrogen-bond donors (Lipinski definition) is 0. The summed E-state index contributed by atoms with van der Waals surface area (Å²) in [5, 5.41) is 5.78. The van der Waals surface area contributed by atoms with Crippen molar-refractivity contribution in [3.63, 3.8) is 0 Å². The van der Waals surface area contributed by atoms with Gasteiger partial charge in [-0.25, -0.2) is 4.98 Å². The molecule has 0 aromatic carbocycles. The van der Waals surface area contributed by atoms with E-state index in [4.69, 9.17) is 0 Å². The van der Waals surface area contributed by atoms with Gasteiger partial charge in [-0.1, -0.05) is 0 Å². The Kier molecular flexibility index (Phi) is 2.25. The van der Waals surface area contributed by atoms with E-state index in [0.29, 0.717) is 0 Å². The highest BCUT2D eigenvalue weighted by molar-refractivity contribution is 5.74. The van der Waals surface area contributed by atoms with Crippen LogP contribution in [0.15, 0.2) is 17.5 Å². The van der Waals surface area contributed by atoms with Crippen molar-refractivity contribution in [1.82, 2.24) is 14.6 Å². The summed E-state index contributed by atoms with van der Waals surface area (Å²) in [5.74, 6) is 0.860. The van der Waals surface area contributed by atoms with Crippen LogP contribution in [0.2, 0.25) is 0 Å². The molecule has 0 fully saturated rings. The first-order valence-corrected chi connectivity index (χ1v) is 3.39. The van der Waals surface area contributed by atoms with Crippen LogP contribution in [0, 0.1) is 0 Å². The molecule has 4 nitrogen and oxygen atoms in total. The Morgan fingerprint density at radius 2 is 2.36 bits per heavy atom. The second-order valence-corrected chi connectivity index (χ2v) is 2.49. The lowest BCUT2D eigenvalue weighted by atomic mass is 10.7. The Morgan fingerprint density at radius 1 is 1.64 bits per heavy atom. The number of aryl methyl sites for hydroxylation is 1. The summed E-state index contributed by atoms with van der Waals surface area (Å²) >= 11 is 0. The zero-order chi connectivity index (χ0) is 8.27. The van der Waals surface area contributed by atoms with Crippen molar-refractivity contribution >= 4 is 6.21 Å². The normalized spacial score (nSPS) is 10.8. The second-order valence-electron chi connectivity index (χ2n) is 2.49. The quantitative estimate of drug-likeness (QED) is 0.451. The molecule has 0 atom stereocenters. The third-order valence-electron chi connectivity index (χ3n) is 1.26. The molecular weight excluding hydrogens is 140 g/mol. The molecule has 0 spiro atoms. The number of hydrogen-bond acceptors (Lipinski definition) is 3. The lowest BCUT2D eigenvalue weighted by Crippen LogP contribution is -2.04. The zero-order valence-electron chi connectivity index (χ0n) is 7.02. The Labute approximate surface area is 66.2 Å². The van der Waals surface area contributed by atoms with Gasteiger partial charge in [0.2, 0.25) is 0 Å². The van der Waals surface area contributed by atoms with Crippen molar-refractivity contribution in [2.24, 2.45) is 12.1 Å². The van der Waals surface area contributed by atoms with Crippen molar-refractivity contribution in [2.45, 2.75) is 0 Å². The van der Waals surface area contributed by atoms with Gasteiger partial charge in [-0.15, -0.1) is 0 Å². The van der Waals surface area contributed by atoms with E-state index in [0.717, 1.165) is 5.82 Å². The first-order chi connectivity index (χ1) is 5.20. The summed E-state index contributed by atoms with van der Waals surface area (Å²) in [4.78, 5) is 4.07.